The number of aromatic nitrogens is 3. The number of nitrogens with two attached hydrogens (primary N) is 1. The Kier molecular flexibility index (Phi) is 3.08. The highest BCUT2D eigenvalue weighted by atomic mass is 19.4. The third-order valence-corrected chi connectivity index (χ3v) is 2.51. The lowest BCUT2D eigenvalue weighted by molar-refractivity contribution is -0.141. The molecule has 0 fully saturated rings. The molecule has 4 nitrogen and oxygen atoms in total. The fourth-order valence-corrected chi connectivity index (χ4v) is 1.52. The van der Waals surface area contributed by atoms with E-state index in [-0.39, 0.29) is 0 Å². The summed E-state index contributed by atoms with van der Waals surface area (Å²) in [5.41, 5.74) is 6.08. The first-order valence-corrected chi connectivity index (χ1v) is 5.21. The van der Waals surface area contributed by atoms with Crippen LogP contribution in [0.4, 0.5) is 13.2 Å². The van der Waals surface area contributed by atoms with Crippen molar-refractivity contribution in [3.8, 4) is 5.82 Å². The molecule has 2 N–H and O–H groups in total. The predicted octanol–water partition coefficient (Wildman–Crippen LogP) is 2.05. The third kappa shape index (κ3) is 2.35. The van der Waals surface area contributed by atoms with Crippen LogP contribution in [0.1, 0.15) is 17.0 Å². The summed E-state index contributed by atoms with van der Waals surface area (Å²) in [6.07, 6.45) is -3.22. The van der Waals surface area contributed by atoms with E-state index < -0.39 is 11.9 Å². The van der Waals surface area contributed by atoms with Crippen LogP contribution in [0.2, 0.25) is 0 Å². The minimum atomic E-state index is -4.45. The van der Waals surface area contributed by atoms with Gasteiger partial charge in [-0.15, -0.1) is 0 Å². The Hall–Kier alpha value is -1.89. The maximum atomic E-state index is 12.4. The van der Waals surface area contributed by atoms with Crippen LogP contribution >= 0.6 is 0 Å². The maximum absolute atomic E-state index is 12.4. The van der Waals surface area contributed by atoms with Gasteiger partial charge in [-0.2, -0.15) is 18.3 Å². The van der Waals surface area contributed by atoms with Crippen molar-refractivity contribution < 1.29 is 13.2 Å². The standard InChI is InChI=1S/C11H11F3N4/c1-7-8(6-15)2-3-10(16-7)18-5-4-9(17-18)11(12,13)14/h2-5H,6,15H2,1H3. The van der Waals surface area contributed by atoms with E-state index in [1.807, 2.05) is 0 Å². The van der Waals surface area contributed by atoms with Crippen LogP contribution in [-0.2, 0) is 12.7 Å². The third-order valence-electron chi connectivity index (χ3n) is 2.51. The predicted molar refractivity (Wildman–Crippen MR) is 59.0 cm³/mol. The molecule has 0 bridgehead atoms. The number of halogens is 3. The average molecular weight is 256 g/mol. The first-order chi connectivity index (χ1) is 8.41. The SMILES string of the molecule is Cc1nc(-n2ccc(C(F)(F)F)n2)ccc1CN. The summed E-state index contributed by atoms with van der Waals surface area (Å²) >= 11 is 0. The van der Waals surface area contributed by atoms with Crippen LogP contribution in [0.25, 0.3) is 5.82 Å². The first-order valence-electron chi connectivity index (χ1n) is 5.21. The minimum Gasteiger partial charge on any atom is -0.326 e. The molecule has 0 radical (unpaired) electrons. The monoisotopic (exact) mass is 256 g/mol. The number of alkyl halides is 3. The fraction of sp³-hybridized carbons (Fsp3) is 0.273. The Balaban J connectivity index is 2.38. The second-order valence-electron chi connectivity index (χ2n) is 3.76. The maximum Gasteiger partial charge on any atom is 0.435 e. The van der Waals surface area contributed by atoms with E-state index in [0.29, 0.717) is 18.1 Å². The number of rotatable bonds is 2. The van der Waals surface area contributed by atoms with Crippen molar-refractivity contribution in [2.45, 2.75) is 19.6 Å². The molecule has 0 spiro atoms. The van der Waals surface area contributed by atoms with Crippen molar-refractivity contribution in [1.29, 1.82) is 0 Å². The number of nitrogens with zero attached hydrogens (tertiary/aromatic N) is 3. The normalized spacial score (nSPS) is 11.8. The smallest absolute Gasteiger partial charge is 0.326 e. The zero-order valence-corrected chi connectivity index (χ0v) is 9.57. The second kappa shape index (κ2) is 4.41. The van der Waals surface area contributed by atoms with Crippen molar-refractivity contribution in [3.05, 3.63) is 41.3 Å². The van der Waals surface area contributed by atoms with Crippen LogP contribution in [0.3, 0.4) is 0 Å². The summed E-state index contributed by atoms with van der Waals surface area (Å²) in [5.74, 6) is 0.334. The van der Waals surface area contributed by atoms with E-state index in [4.69, 9.17) is 5.73 Å². The van der Waals surface area contributed by atoms with Crippen LogP contribution in [0, 0.1) is 6.92 Å². The highest BCUT2D eigenvalue weighted by Gasteiger charge is 2.33. The molecule has 0 amide bonds. The molecule has 0 aliphatic carbocycles. The molecular formula is C11H11F3N4. The number of pyridine rings is 1. The summed E-state index contributed by atoms with van der Waals surface area (Å²) in [6, 6.07) is 4.23. The van der Waals surface area contributed by atoms with E-state index in [0.717, 1.165) is 16.3 Å². The van der Waals surface area contributed by atoms with Crippen molar-refractivity contribution >= 4 is 0 Å². The van der Waals surface area contributed by atoms with Gasteiger partial charge in [0, 0.05) is 18.4 Å². The van der Waals surface area contributed by atoms with Crippen molar-refractivity contribution in [3.63, 3.8) is 0 Å². The number of hydrogen-bond donors (Lipinski definition) is 1. The van der Waals surface area contributed by atoms with Crippen LogP contribution < -0.4 is 5.73 Å². The molecule has 0 aliphatic heterocycles. The van der Waals surface area contributed by atoms with Crippen LogP contribution in [0.5, 0.6) is 0 Å². The fourth-order valence-electron chi connectivity index (χ4n) is 1.52. The Morgan fingerprint density at radius 1 is 1.28 bits per heavy atom. The molecule has 2 heterocycles. The van der Waals surface area contributed by atoms with Gasteiger partial charge in [-0.3, -0.25) is 0 Å². The van der Waals surface area contributed by atoms with Gasteiger partial charge in [0.15, 0.2) is 11.5 Å². The van der Waals surface area contributed by atoms with Gasteiger partial charge >= 0.3 is 6.18 Å². The van der Waals surface area contributed by atoms with Crippen LogP contribution in [-0.4, -0.2) is 14.8 Å². The lowest BCUT2D eigenvalue weighted by Gasteiger charge is -2.06. The van der Waals surface area contributed by atoms with Crippen LogP contribution in [0.15, 0.2) is 24.4 Å². The molecule has 0 atom stereocenters. The largest absolute Gasteiger partial charge is 0.435 e. The van der Waals surface area contributed by atoms with Gasteiger partial charge in [-0.1, -0.05) is 6.07 Å². The quantitative estimate of drug-likeness (QED) is 0.894. The summed E-state index contributed by atoms with van der Waals surface area (Å²) in [7, 11) is 0. The molecule has 2 aromatic rings. The van der Waals surface area contributed by atoms with Crippen molar-refractivity contribution in [2.24, 2.45) is 5.73 Å². The van der Waals surface area contributed by atoms with E-state index in [1.54, 1.807) is 19.1 Å². The molecule has 96 valence electrons. The van der Waals surface area contributed by atoms with E-state index in [9.17, 15) is 13.2 Å². The minimum absolute atomic E-state index is 0.334. The van der Waals surface area contributed by atoms with Gasteiger partial charge in [0.05, 0.1) is 0 Å². The Labute approximate surface area is 101 Å². The van der Waals surface area contributed by atoms with Crippen molar-refractivity contribution in [1.82, 2.24) is 14.8 Å². The highest BCUT2D eigenvalue weighted by molar-refractivity contribution is 5.30. The molecule has 0 aliphatic rings. The number of hydrogen-bond acceptors (Lipinski definition) is 3. The van der Waals surface area contributed by atoms with Gasteiger partial charge in [-0.05, 0) is 24.6 Å². The molecule has 0 unspecified atom stereocenters. The molecule has 2 aromatic heterocycles. The molecule has 0 aromatic carbocycles. The van der Waals surface area contributed by atoms with Gasteiger partial charge in [0.2, 0.25) is 0 Å². The van der Waals surface area contributed by atoms with E-state index >= 15 is 0 Å². The van der Waals surface area contributed by atoms with Gasteiger partial charge in [0.25, 0.3) is 0 Å². The summed E-state index contributed by atoms with van der Waals surface area (Å²) in [5, 5.41) is 3.45. The summed E-state index contributed by atoms with van der Waals surface area (Å²) in [6.45, 7) is 2.09. The topological polar surface area (TPSA) is 56.7 Å². The zero-order chi connectivity index (χ0) is 13.3. The lowest BCUT2D eigenvalue weighted by atomic mass is 10.2. The van der Waals surface area contributed by atoms with Gasteiger partial charge in [-0.25, -0.2) is 9.67 Å². The molecular weight excluding hydrogens is 245 g/mol. The Bertz CT molecular complexity index is 560. The molecule has 0 saturated carbocycles. The summed E-state index contributed by atoms with van der Waals surface area (Å²) < 4.78 is 38.3. The molecule has 2 rings (SSSR count). The molecule has 18 heavy (non-hydrogen) atoms. The average Bonchev–Trinajstić information content (AvgIpc) is 2.77. The Morgan fingerprint density at radius 2 is 2.00 bits per heavy atom. The number of aryl methyl sites for hydroxylation is 1. The first kappa shape index (κ1) is 12.6. The highest BCUT2D eigenvalue weighted by Crippen LogP contribution is 2.27. The molecule has 7 heteroatoms. The van der Waals surface area contributed by atoms with E-state index in [1.165, 1.54) is 6.20 Å². The zero-order valence-electron chi connectivity index (χ0n) is 9.57. The Morgan fingerprint density at radius 3 is 2.50 bits per heavy atom. The van der Waals surface area contributed by atoms with Crippen molar-refractivity contribution in [2.75, 3.05) is 0 Å². The summed E-state index contributed by atoms with van der Waals surface area (Å²) in [4.78, 5) is 4.16. The van der Waals surface area contributed by atoms with E-state index in [2.05, 4.69) is 10.1 Å². The lowest BCUT2D eigenvalue weighted by Crippen LogP contribution is -2.09. The second-order valence-corrected chi connectivity index (χ2v) is 3.76. The molecule has 0 saturated heterocycles. The van der Waals surface area contributed by atoms with Gasteiger partial charge < -0.3 is 5.73 Å². The van der Waals surface area contributed by atoms with Gasteiger partial charge in [0.1, 0.15) is 0 Å².